The second kappa shape index (κ2) is 6.82. The lowest BCUT2D eigenvalue weighted by Gasteiger charge is -2.28. The van der Waals surface area contributed by atoms with Crippen molar-refractivity contribution in [2.75, 3.05) is 14.2 Å². The minimum atomic E-state index is -1.96. The van der Waals surface area contributed by atoms with E-state index in [0.717, 1.165) is 10.0 Å². The molecule has 5 nitrogen and oxygen atoms in total. The molecule has 2 rings (SSSR count). The first-order valence-electron chi connectivity index (χ1n) is 7.49. The molecule has 24 heavy (non-hydrogen) atoms. The molecule has 0 saturated heterocycles. The molecular formula is C17H21BrO5Si. The lowest BCUT2D eigenvalue weighted by molar-refractivity contribution is -0.160. The van der Waals surface area contributed by atoms with E-state index < -0.39 is 31.8 Å². The van der Waals surface area contributed by atoms with Gasteiger partial charge in [0.1, 0.15) is 0 Å². The summed E-state index contributed by atoms with van der Waals surface area (Å²) >= 11 is 3.45. The third-order valence-electron chi connectivity index (χ3n) is 3.66. The Morgan fingerprint density at radius 2 is 1.71 bits per heavy atom. The number of carbonyl (C=O) groups is 2. The van der Waals surface area contributed by atoms with Gasteiger partial charge >= 0.3 is 11.9 Å². The summed E-state index contributed by atoms with van der Waals surface area (Å²) in [5, 5.41) is 0. The van der Waals surface area contributed by atoms with Crippen LogP contribution >= 0.6 is 15.9 Å². The third kappa shape index (κ3) is 3.63. The molecule has 7 heteroatoms. The van der Waals surface area contributed by atoms with Gasteiger partial charge in [0.25, 0.3) is 0 Å². The monoisotopic (exact) mass is 412 g/mol. The molecule has 1 aliphatic rings. The van der Waals surface area contributed by atoms with Crippen LogP contribution in [0.15, 0.2) is 40.4 Å². The minimum absolute atomic E-state index is 0.493. The van der Waals surface area contributed by atoms with Gasteiger partial charge in [0, 0.05) is 4.47 Å². The van der Waals surface area contributed by atoms with Gasteiger partial charge < -0.3 is 13.9 Å². The Bertz CT molecular complexity index is 676. The average Bonchev–Trinajstić information content (AvgIpc) is 3.26. The predicted molar refractivity (Wildman–Crippen MR) is 95.9 cm³/mol. The van der Waals surface area contributed by atoms with Crippen LogP contribution in [0.4, 0.5) is 0 Å². The summed E-state index contributed by atoms with van der Waals surface area (Å²) < 4.78 is 16.8. The van der Waals surface area contributed by atoms with Crippen LogP contribution in [0.25, 0.3) is 0 Å². The van der Waals surface area contributed by atoms with Crippen molar-refractivity contribution in [3.05, 3.63) is 46.0 Å². The van der Waals surface area contributed by atoms with E-state index in [2.05, 4.69) is 35.6 Å². The fraction of sp³-hybridized carbons (Fsp3) is 0.412. The van der Waals surface area contributed by atoms with E-state index in [1.807, 2.05) is 24.3 Å². The maximum Gasteiger partial charge on any atom is 0.331 e. The van der Waals surface area contributed by atoms with Gasteiger partial charge in [0.2, 0.25) is 5.41 Å². The smallest absolute Gasteiger partial charge is 0.331 e. The van der Waals surface area contributed by atoms with E-state index in [1.54, 1.807) is 6.08 Å². The van der Waals surface area contributed by atoms with Crippen molar-refractivity contribution in [1.29, 1.82) is 0 Å². The van der Waals surface area contributed by atoms with E-state index in [4.69, 9.17) is 13.9 Å². The second-order valence-electron chi connectivity index (χ2n) is 6.56. The van der Waals surface area contributed by atoms with Gasteiger partial charge in [-0.1, -0.05) is 28.1 Å². The van der Waals surface area contributed by atoms with Gasteiger partial charge in [-0.2, -0.15) is 0 Å². The normalized spacial score (nSPS) is 16.8. The molecule has 0 amide bonds. The number of rotatable bonds is 6. The minimum Gasteiger partial charge on any atom is -0.468 e. The molecule has 0 bridgehead atoms. The molecule has 1 aromatic carbocycles. The Morgan fingerprint density at radius 3 is 2.17 bits per heavy atom. The fourth-order valence-electron chi connectivity index (χ4n) is 2.57. The first-order valence-corrected chi connectivity index (χ1v) is 11.7. The topological polar surface area (TPSA) is 61.8 Å². The molecule has 0 spiro atoms. The zero-order valence-electron chi connectivity index (χ0n) is 14.4. The molecule has 1 aromatic rings. The van der Waals surface area contributed by atoms with E-state index in [1.165, 1.54) is 14.2 Å². The predicted octanol–water partition coefficient (Wildman–Crippen LogP) is 3.61. The summed E-state index contributed by atoms with van der Waals surface area (Å²) in [4.78, 5) is 24.5. The molecule has 0 aromatic heterocycles. The number of hydrogen-bond acceptors (Lipinski definition) is 5. The van der Waals surface area contributed by atoms with Crippen LogP contribution in [0.5, 0.6) is 0 Å². The molecule has 0 N–H and O–H groups in total. The van der Waals surface area contributed by atoms with Crippen molar-refractivity contribution in [3.63, 3.8) is 0 Å². The van der Waals surface area contributed by atoms with Crippen molar-refractivity contribution in [2.24, 2.45) is 5.41 Å². The number of benzene rings is 1. The molecular weight excluding hydrogens is 392 g/mol. The fourth-order valence-corrected chi connectivity index (χ4v) is 3.96. The molecule has 1 atom stereocenters. The van der Waals surface area contributed by atoms with Crippen LogP contribution in [-0.4, -0.2) is 34.5 Å². The Labute approximate surface area is 151 Å². The molecule has 1 aliphatic carbocycles. The van der Waals surface area contributed by atoms with E-state index in [9.17, 15) is 9.59 Å². The number of esters is 2. The summed E-state index contributed by atoms with van der Waals surface area (Å²) in [6, 6.07) is 7.63. The molecule has 0 heterocycles. The highest BCUT2D eigenvalue weighted by molar-refractivity contribution is 9.10. The SMILES string of the molecule is COC(=O)C1(C(=O)OC)C=C1C(O[Si](C)(C)C)c1cccc(Br)c1. The Kier molecular flexibility index (Phi) is 5.36. The molecule has 0 saturated carbocycles. The summed E-state index contributed by atoms with van der Waals surface area (Å²) in [7, 11) is 0.552. The first kappa shape index (κ1) is 18.9. The van der Waals surface area contributed by atoms with Gasteiger partial charge in [0.05, 0.1) is 20.3 Å². The molecule has 0 radical (unpaired) electrons. The maximum absolute atomic E-state index is 12.2. The number of halogens is 1. The number of hydrogen-bond donors (Lipinski definition) is 0. The van der Waals surface area contributed by atoms with Crippen LogP contribution in [0.1, 0.15) is 11.7 Å². The first-order chi connectivity index (χ1) is 11.2. The molecule has 0 fully saturated rings. The van der Waals surface area contributed by atoms with Crippen molar-refractivity contribution in [2.45, 2.75) is 25.7 Å². The quantitative estimate of drug-likeness (QED) is 0.309. The van der Waals surface area contributed by atoms with Crippen molar-refractivity contribution in [1.82, 2.24) is 0 Å². The van der Waals surface area contributed by atoms with Crippen LogP contribution < -0.4 is 0 Å². The molecule has 1 unspecified atom stereocenters. The van der Waals surface area contributed by atoms with E-state index in [0.29, 0.717) is 5.57 Å². The Balaban J connectivity index is 2.44. The summed E-state index contributed by atoms with van der Waals surface area (Å²) in [6.07, 6.45) is 1.09. The summed E-state index contributed by atoms with van der Waals surface area (Å²) in [5.74, 6) is -1.30. The van der Waals surface area contributed by atoms with Gasteiger partial charge in [-0.15, -0.1) is 0 Å². The van der Waals surface area contributed by atoms with Crippen LogP contribution in [-0.2, 0) is 23.5 Å². The lowest BCUT2D eigenvalue weighted by Crippen LogP contribution is -2.35. The maximum atomic E-state index is 12.2. The number of methoxy groups -OCH3 is 2. The Morgan fingerprint density at radius 1 is 1.12 bits per heavy atom. The van der Waals surface area contributed by atoms with E-state index >= 15 is 0 Å². The molecule has 130 valence electrons. The molecule has 0 aliphatic heterocycles. The highest BCUT2D eigenvalue weighted by Gasteiger charge is 2.62. The van der Waals surface area contributed by atoms with Crippen molar-refractivity contribution in [3.8, 4) is 0 Å². The summed E-state index contributed by atoms with van der Waals surface area (Å²) in [6.45, 7) is 6.16. The standard InChI is InChI=1S/C17H21BrO5Si/c1-21-15(19)17(16(20)22-2)10-13(17)14(23-24(3,4)5)11-7-6-8-12(18)9-11/h6-10,14H,1-5H3. The van der Waals surface area contributed by atoms with E-state index in [-0.39, 0.29) is 0 Å². The second-order valence-corrected chi connectivity index (χ2v) is 11.9. The highest BCUT2D eigenvalue weighted by atomic mass is 79.9. The van der Waals surface area contributed by atoms with Crippen LogP contribution in [0.3, 0.4) is 0 Å². The lowest BCUT2D eigenvalue weighted by atomic mass is 9.94. The number of carbonyl (C=O) groups excluding carboxylic acids is 2. The van der Waals surface area contributed by atoms with Crippen molar-refractivity contribution >= 4 is 36.2 Å². The highest BCUT2D eigenvalue weighted by Crippen LogP contribution is 2.54. The third-order valence-corrected chi connectivity index (χ3v) is 5.10. The Hall–Kier alpha value is -1.44. The zero-order chi connectivity index (χ0) is 18.1. The van der Waals surface area contributed by atoms with Gasteiger partial charge in [-0.25, -0.2) is 0 Å². The average molecular weight is 413 g/mol. The number of ether oxygens (including phenoxy) is 2. The van der Waals surface area contributed by atoms with Crippen LogP contribution in [0, 0.1) is 5.41 Å². The largest absolute Gasteiger partial charge is 0.468 e. The van der Waals surface area contributed by atoms with Gasteiger partial charge in [-0.3, -0.25) is 9.59 Å². The van der Waals surface area contributed by atoms with Gasteiger partial charge in [0.15, 0.2) is 8.32 Å². The van der Waals surface area contributed by atoms with Gasteiger partial charge in [-0.05, 0) is 49.0 Å². The summed E-state index contributed by atoms with van der Waals surface area (Å²) in [5.41, 5.74) is -0.0367. The van der Waals surface area contributed by atoms with Crippen LogP contribution in [0.2, 0.25) is 19.6 Å². The zero-order valence-corrected chi connectivity index (χ0v) is 17.0. The van der Waals surface area contributed by atoms with Crippen molar-refractivity contribution < 1.29 is 23.5 Å².